The van der Waals surface area contributed by atoms with Gasteiger partial charge in [0.15, 0.2) is 0 Å². The molecule has 0 fully saturated rings. The smallest absolute Gasteiger partial charge is 0.133 e. The van der Waals surface area contributed by atoms with Crippen LogP contribution in [0.5, 0.6) is 0 Å². The fourth-order valence-corrected chi connectivity index (χ4v) is 1.32. The number of nitrogens with zero attached hydrogens (tertiary/aromatic N) is 1. The number of rotatable bonds is 7. The van der Waals surface area contributed by atoms with E-state index in [-0.39, 0.29) is 0 Å². The van der Waals surface area contributed by atoms with Gasteiger partial charge in [-0.2, -0.15) is 0 Å². The van der Waals surface area contributed by atoms with Crippen molar-refractivity contribution < 1.29 is 9.15 Å². The molecule has 0 amide bonds. The minimum Gasteiger partial charge on any atom is -0.467 e. The summed E-state index contributed by atoms with van der Waals surface area (Å²) < 4.78 is 10.8. The molecule has 0 aliphatic rings. The highest BCUT2D eigenvalue weighted by atomic mass is 16.5. The predicted octanol–water partition coefficient (Wildman–Crippen LogP) is 1.21. The van der Waals surface area contributed by atoms with E-state index in [1.165, 1.54) is 0 Å². The van der Waals surface area contributed by atoms with E-state index in [9.17, 15) is 0 Å². The fourth-order valence-electron chi connectivity index (χ4n) is 1.32. The molecule has 0 atom stereocenters. The van der Waals surface area contributed by atoms with Gasteiger partial charge in [-0.05, 0) is 33.1 Å². The quantitative estimate of drug-likeness (QED) is 0.690. The van der Waals surface area contributed by atoms with Gasteiger partial charge in [0, 0.05) is 18.7 Å². The Balaban J connectivity index is 2.15. The molecule has 0 bridgehead atoms. The average Bonchev–Trinajstić information content (AvgIpc) is 2.64. The first-order valence-electron chi connectivity index (χ1n) is 5.22. The summed E-state index contributed by atoms with van der Waals surface area (Å²) >= 11 is 0. The van der Waals surface area contributed by atoms with E-state index in [2.05, 4.69) is 19.0 Å². The van der Waals surface area contributed by atoms with Crippen LogP contribution in [0.15, 0.2) is 16.7 Å². The van der Waals surface area contributed by atoms with Gasteiger partial charge in [0.1, 0.15) is 12.4 Å². The van der Waals surface area contributed by atoms with E-state index in [1.807, 2.05) is 6.07 Å². The zero-order valence-electron chi connectivity index (χ0n) is 9.53. The van der Waals surface area contributed by atoms with Crippen molar-refractivity contribution in [1.29, 1.82) is 0 Å². The van der Waals surface area contributed by atoms with Crippen LogP contribution in [-0.4, -0.2) is 32.1 Å². The lowest BCUT2D eigenvalue weighted by Gasteiger charge is -2.09. The van der Waals surface area contributed by atoms with Crippen LogP contribution in [0.3, 0.4) is 0 Å². The Hall–Kier alpha value is -0.840. The van der Waals surface area contributed by atoms with Crippen molar-refractivity contribution in [2.24, 2.45) is 5.73 Å². The van der Waals surface area contributed by atoms with Gasteiger partial charge in [0.25, 0.3) is 0 Å². The van der Waals surface area contributed by atoms with Crippen LogP contribution in [0, 0.1) is 0 Å². The molecular formula is C11H20N2O2. The highest BCUT2D eigenvalue weighted by Gasteiger charge is 2.04. The number of furan rings is 1. The van der Waals surface area contributed by atoms with Crippen molar-refractivity contribution in [3.63, 3.8) is 0 Å². The minimum absolute atomic E-state index is 0.507. The Morgan fingerprint density at radius 2 is 2.27 bits per heavy atom. The first-order chi connectivity index (χ1) is 7.24. The normalized spacial score (nSPS) is 11.2. The van der Waals surface area contributed by atoms with E-state index in [0.29, 0.717) is 13.2 Å². The summed E-state index contributed by atoms with van der Waals surface area (Å²) in [5, 5.41) is 0. The summed E-state index contributed by atoms with van der Waals surface area (Å²) in [6.45, 7) is 2.82. The first kappa shape index (κ1) is 12.2. The standard InChI is InChI=1S/C11H20N2O2/c1-13(2)5-3-6-14-9-11-10(8-12)4-7-15-11/h4,7H,3,5-6,8-9,12H2,1-2H3. The summed E-state index contributed by atoms with van der Waals surface area (Å²) in [5.41, 5.74) is 6.57. The Labute approximate surface area is 91.0 Å². The first-order valence-corrected chi connectivity index (χ1v) is 5.22. The zero-order valence-corrected chi connectivity index (χ0v) is 9.53. The summed E-state index contributed by atoms with van der Waals surface area (Å²) in [6, 6.07) is 1.89. The van der Waals surface area contributed by atoms with Gasteiger partial charge in [-0.3, -0.25) is 0 Å². The average molecular weight is 212 g/mol. The number of nitrogens with two attached hydrogens (primary N) is 1. The molecule has 0 spiro atoms. The molecule has 4 nitrogen and oxygen atoms in total. The van der Waals surface area contributed by atoms with Gasteiger partial charge in [-0.15, -0.1) is 0 Å². The monoisotopic (exact) mass is 212 g/mol. The lowest BCUT2D eigenvalue weighted by atomic mass is 10.2. The molecule has 1 heterocycles. The summed E-state index contributed by atoms with van der Waals surface area (Å²) in [4.78, 5) is 2.14. The van der Waals surface area contributed by atoms with Gasteiger partial charge in [0.2, 0.25) is 0 Å². The number of ether oxygens (including phenoxy) is 1. The second-order valence-corrected chi connectivity index (χ2v) is 3.78. The molecule has 4 heteroatoms. The maximum atomic E-state index is 5.54. The number of hydrogen-bond donors (Lipinski definition) is 1. The minimum atomic E-state index is 0.507. The van der Waals surface area contributed by atoms with Gasteiger partial charge in [-0.1, -0.05) is 0 Å². The molecule has 0 unspecified atom stereocenters. The third-order valence-electron chi connectivity index (χ3n) is 2.18. The van der Waals surface area contributed by atoms with E-state index >= 15 is 0 Å². The van der Waals surface area contributed by atoms with Crippen LogP contribution in [0.1, 0.15) is 17.7 Å². The molecule has 0 saturated carbocycles. The molecule has 0 aliphatic carbocycles. The lowest BCUT2D eigenvalue weighted by Crippen LogP contribution is -2.14. The summed E-state index contributed by atoms with van der Waals surface area (Å²) in [7, 11) is 4.11. The van der Waals surface area contributed by atoms with E-state index in [1.54, 1.807) is 6.26 Å². The predicted molar refractivity (Wildman–Crippen MR) is 59.4 cm³/mol. The van der Waals surface area contributed by atoms with Crippen molar-refractivity contribution in [2.75, 3.05) is 27.2 Å². The van der Waals surface area contributed by atoms with Crippen LogP contribution in [0.2, 0.25) is 0 Å². The third kappa shape index (κ3) is 4.46. The Morgan fingerprint density at radius 3 is 2.93 bits per heavy atom. The molecule has 2 N–H and O–H groups in total. The van der Waals surface area contributed by atoms with Crippen molar-refractivity contribution in [2.45, 2.75) is 19.6 Å². The Kier molecular flexibility index (Phi) is 5.39. The van der Waals surface area contributed by atoms with E-state index < -0.39 is 0 Å². The molecule has 86 valence electrons. The van der Waals surface area contributed by atoms with Gasteiger partial charge < -0.3 is 19.8 Å². The van der Waals surface area contributed by atoms with Crippen LogP contribution in [0.25, 0.3) is 0 Å². The zero-order chi connectivity index (χ0) is 11.1. The van der Waals surface area contributed by atoms with Crippen LogP contribution in [0.4, 0.5) is 0 Å². The molecule has 1 aromatic rings. The molecule has 0 saturated heterocycles. The molecule has 0 aromatic carbocycles. The van der Waals surface area contributed by atoms with Crippen LogP contribution >= 0.6 is 0 Å². The van der Waals surface area contributed by atoms with E-state index in [0.717, 1.165) is 30.9 Å². The highest BCUT2D eigenvalue weighted by molar-refractivity contribution is 5.15. The summed E-state index contributed by atoms with van der Waals surface area (Å²) in [5.74, 6) is 0.849. The lowest BCUT2D eigenvalue weighted by molar-refractivity contribution is 0.0987. The maximum absolute atomic E-state index is 5.54. The molecular weight excluding hydrogens is 192 g/mol. The molecule has 1 rings (SSSR count). The Bertz CT molecular complexity index is 271. The summed E-state index contributed by atoms with van der Waals surface area (Å²) in [6.07, 6.45) is 2.69. The van der Waals surface area contributed by atoms with Crippen LogP contribution < -0.4 is 5.73 Å². The number of hydrogen-bond acceptors (Lipinski definition) is 4. The third-order valence-corrected chi connectivity index (χ3v) is 2.18. The van der Waals surface area contributed by atoms with Crippen molar-refractivity contribution in [3.8, 4) is 0 Å². The molecule has 0 radical (unpaired) electrons. The SMILES string of the molecule is CN(C)CCCOCc1occc1CN. The van der Waals surface area contributed by atoms with E-state index in [4.69, 9.17) is 14.9 Å². The van der Waals surface area contributed by atoms with Gasteiger partial charge in [0.05, 0.1) is 6.26 Å². The van der Waals surface area contributed by atoms with Gasteiger partial charge >= 0.3 is 0 Å². The second-order valence-electron chi connectivity index (χ2n) is 3.78. The van der Waals surface area contributed by atoms with Crippen molar-refractivity contribution in [1.82, 2.24) is 4.90 Å². The highest BCUT2D eigenvalue weighted by Crippen LogP contribution is 2.10. The van der Waals surface area contributed by atoms with Crippen molar-refractivity contribution >= 4 is 0 Å². The second kappa shape index (κ2) is 6.61. The molecule has 0 aliphatic heterocycles. The molecule has 1 aromatic heterocycles. The fraction of sp³-hybridized carbons (Fsp3) is 0.636. The molecule has 15 heavy (non-hydrogen) atoms. The van der Waals surface area contributed by atoms with Crippen LogP contribution in [-0.2, 0) is 17.9 Å². The Morgan fingerprint density at radius 1 is 1.47 bits per heavy atom. The van der Waals surface area contributed by atoms with Crippen molar-refractivity contribution in [3.05, 3.63) is 23.7 Å². The largest absolute Gasteiger partial charge is 0.467 e. The van der Waals surface area contributed by atoms with Gasteiger partial charge in [-0.25, -0.2) is 0 Å². The maximum Gasteiger partial charge on any atom is 0.133 e. The topological polar surface area (TPSA) is 51.6 Å².